The lowest BCUT2D eigenvalue weighted by atomic mass is 10.1. The molecule has 0 bridgehead atoms. The predicted molar refractivity (Wildman–Crippen MR) is 84.0 cm³/mol. The number of halogens is 1. The van der Waals surface area contributed by atoms with Crippen LogP contribution in [-0.2, 0) is 13.1 Å². The van der Waals surface area contributed by atoms with Gasteiger partial charge in [-0.05, 0) is 36.8 Å². The zero-order chi connectivity index (χ0) is 15.2. The number of hydrogen-bond donors (Lipinski definition) is 1. The molecule has 2 rings (SSSR count). The van der Waals surface area contributed by atoms with Crippen LogP contribution in [0.5, 0.6) is 0 Å². The molecule has 0 saturated carbocycles. The van der Waals surface area contributed by atoms with E-state index in [4.69, 9.17) is 17.3 Å². The molecule has 1 aromatic carbocycles. The lowest BCUT2D eigenvalue weighted by Gasteiger charge is -2.21. The van der Waals surface area contributed by atoms with Gasteiger partial charge < -0.3 is 10.6 Å². The number of carbonyl (C=O) groups is 1. The summed E-state index contributed by atoms with van der Waals surface area (Å²) in [6, 6.07) is 11.0. The highest BCUT2D eigenvalue weighted by Gasteiger charge is 2.15. The zero-order valence-corrected chi connectivity index (χ0v) is 12.7. The fourth-order valence-electron chi connectivity index (χ4n) is 2.09. The van der Waals surface area contributed by atoms with E-state index < -0.39 is 0 Å². The molecule has 4 nitrogen and oxygen atoms in total. The van der Waals surface area contributed by atoms with Crippen LogP contribution in [0.3, 0.4) is 0 Å². The molecule has 0 saturated heterocycles. The predicted octanol–water partition coefficient (Wildman–Crippen LogP) is 2.86. The van der Waals surface area contributed by atoms with Gasteiger partial charge in [-0.25, -0.2) is 0 Å². The van der Waals surface area contributed by atoms with Gasteiger partial charge in [0, 0.05) is 36.4 Å². The van der Waals surface area contributed by atoms with Gasteiger partial charge in [0.1, 0.15) is 0 Å². The first-order chi connectivity index (χ1) is 10.1. The van der Waals surface area contributed by atoms with Gasteiger partial charge in [0.2, 0.25) is 0 Å². The van der Waals surface area contributed by atoms with Crippen LogP contribution < -0.4 is 5.73 Å². The van der Waals surface area contributed by atoms with E-state index in [1.165, 1.54) is 0 Å². The molecule has 5 heteroatoms. The first-order valence-electron chi connectivity index (χ1n) is 6.82. The molecule has 1 heterocycles. The molecule has 2 N–H and O–H groups in total. The van der Waals surface area contributed by atoms with Crippen molar-refractivity contribution < 1.29 is 4.79 Å². The fourth-order valence-corrected chi connectivity index (χ4v) is 2.30. The highest BCUT2D eigenvalue weighted by Crippen LogP contribution is 2.14. The topological polar surface area (TPSA) is 59.2 Å². The number of hydrogen-bond acceptors (Lipinski definition) is 3. The molecule has 1 aromatic heterocycles. The number of pyridine rings is 1. The van der Waals surface area contributed by atoms with Crippen molar-refractivity contribution in [1.82, 2.24) is 9.88 Å². The Morgan fingerprint density at radius 1 is 1.33 bits per heavy atom. The summed E-state index contributed by atoms with van der Waals surface area (Å²) in [7, 11) is 0. The number of carbonyl (C=O) groups excluding carboxylic acids is 1. The lowest BCUT2D eigenvalue weighted by molar-refractivity contribution is 0.0752. The third kappa shape index (κ3) is 4.03. The van der Waals surface area contributed by atoms with Crippen LogP contribution in [0.15, 0.2) is 42.6 Å². The van der Waals surface area contributed by atoms with E-state index >= 15 is 0 Å². The van der Waals surface area contributed by atoms with Crippen LogP contribution in [0.1, 0.15) is 28.5 Å². The van der Waals surface area contributed by atoms with Crippen LogP contribution in [-0.4, -0.2) is 22.3 Å². The standard InChI is InChI=1S/C16H18ClN3O/c1-2-20(11-12-4-3-5-14(17)8-12)16(21)13-6-7-19-15(9-13)10-18/h3-9H,2,10-11,18H2,1H3. The first-order valence-corrected chi connectivity index (χ1v) is 7.20. The van der Waals surface area contributed by atoms with Crippen molar-refractivity contribution in [1.29, 1.82) is 0 Å². The summed E-state index contributed by atoms with van der Waals surface area (Å²) in [5.41, 5.74) is 7.88. The highest BCUT2D eigenvalue weighted by molar-refractivity contribution is 6.30. The summed E-state index contributed by atoms with van der Waals surface area (Å²) in [4.78, 5) is 18.4. The van der Waals surface area contributed by atoms with E-state index in [0.717, 1.165) is 5.56 Å². The minimum Gasteiger partial charge on any atom is -0.335 e. The summed E-state index contributed by atoms with van der Waals surface area (Å²) in [6.45, 7) is 3.41. The molecule has 0 fully saturated rings. The third-order valence-corrected chi connectivity index (χ3v) is 3.44. The summed E-state index contributed by atoms with van der Waals surface area (Å²) in [5.74, 6) is -0.0328. The summed E-state index contributed by atoms with van der Waals surface area (Å²) in [5, 5.41) is 0.672. The Hall–Kier alpha value is -1.91. The minimum absolute atomic E-state index is 0.0328. The maximum absolute atomic E-state index is 12.6. The zero-order valence-electron chi connectivity index (χ0n) is 11.9. The van der Waals surface area contributed by atoms with Gasteiger partial charge in [0.15, 0.2) is 0 Å². The van der Waals surface area contributed by atoms with E-state index in [0.29, 0.717) is 35.9 Å². The van der Waals surface area contributed by atoms with E-state index in [1.807, 2.05) is 31.2 Å². The van der Waals surface area contributed by atoms with Gasteiger partial charge in [0.25, 0.3) is 5.91 Å². The summed E-state index contributed by atoms with van der Waals surface area (Å²) in [6.07, 6.45) is 1.61. The van der Waals surface area contributed by atoms with Crippen molar-refractivity contribution in [3.05, 3.63) is 64.4 Å². The van der Waals surface area contributed by atoms with Crippen LogP contribution in [0.4, 0.5) is 0 Å². The van der Waals surface area contributed by atoms with Gasteiger partial charge in [-0.3, -0.25) is 9.78 Å². The monoisotopic (exact) mass is 303 g/mol. The summed E-state index contributed by atoms with van der Waals surface area (Å²) < 4.78 is 0. The van der Waals surface area contributed by atoms with E-state index in [2.05, 4.69) is 4.98 Å². The SMILES string of the molecule is CCN(Cc1cccc(Cl)c1)C(=O)c1ccnc(CN)c1. The Balaban J connectivity index is 2.18. The largest absolute Gasteiger partial charge is 0.335 e. The number of benzene rings is 1. The first kappa shape index (κ1) is 15.5. The van der Waals surface area contributed by atoms with Gasteiger partial charge in [-0.15, -0.1) is 0 Å². The van der Waals surface area contributed by atoms with Crippen LogP contribution >= 0.6 is 11.6 Å². The Kier molecular flexibility index (Phi) is 5.31. The second-order valence-electron chi connectivity index (χ2n) is 4.69. The van der Waals surface area contributed by atoms with Crippen molar-refractivity contribution in [3.63, 3.8) is 0 Å². The number of nitrogens with zero attached hydrogens (tertiary/aromatic N) is 2. The van der Waals surface area contributed by atoms with Crippen molar-refractivity contribution in [2.45, 2.75) is 20.0 Å². The molecule has 0 radical (unpaired) electrons. The van der Waals surface area contributed by atoms with Gasteiger partial charge >= 0.3 is 0 Å². The van der Waals surface area contributed by atoms with Crippen LogP contribution in [0.2, 0.25) is 5.02 Å². The lowest BCUT2D eigenvalue weighted by Crippen LogP contribution is -2.30. The normalized spacial score (nSPS) is 10.4. The molecular weight excluding hydrogens is 286 g/mol. The third-order valence-electron chi connectivity index (χ3n) is 3.20. The minimum atomic E-state index is -0.0328. The average Bonchev–Trinajstić information content (AvgIpc) is 2.52. The second kappa shape index (κ2) is 7.20. The Morgan fingerprint density at radius 2 is 2.14 bits per heavy atom. The van der Waals surface area contributed by atoms with Crippen molar-refractivity contribution in [2.24, 2.45) is 5.73 Å². The number of rotatable bonds is 5. The number of amides is 1. The van der Waals surface area contributed by atoms with Gasteiger partial charge in [0.05, 0.1) is 5.69 Å². The molecule has 0 aliphatic rings. The van der Waals surface area contributed by atoms with Crippen LogP contribution in [0, 0.1) is 0 Å². The van der Waals surface area contributed by atoms with Gasteiger partial charge in [-0.2, -0.15) is 0 Å². The smallest absolute Gasteiger partial charge is 0.254 e. The molecule has 0 aliphatic heterocycles. The number of nitrogens with two attached hydrogens (primary N) is 1. The van der Waals surface area contributed by atoms with E-state index in [9.17, 15) is 4.79 Å². The molecule has 21 heavy (non-hydrogen) atoms. The molecule has 110 valence electrons. The average molecular weight is 304 g/mol. The Morgan fingerprint density at radius 3 is 2.81 bits per heavy atom. The highest BCUT2D eigenvalue weighted by atomic mass is 35.5. The van der Waals surface area contributed by atoms with Crippen molar-refractivity contribution >= 4 is 17.5 Å². The molecule has 0 atom stereocenters. The van der Waals surface area contributed by atoms with E-state index in [-0.39, 0.29) is 5.91 Å². The maximum atomic E-state index is 12.6. The summed E-state index contributed by atoms with van der Waals surface area (Å²) >= 11 is 5.98. The van der Waals surface area contributed by atoms with Crippen molar-refractivity contribution in [3.8, 4) is 0 Å². The molecule has 2 aromatic rings. The number of aromatic nitrogens is 1. The maximum Gasteiger partial charge on any atom is 0.254 e. The molecule has 0 aliphatic carbocycles. The Labute approximate surface area is 129 Å². The molecule has 0 unspecified atom stereocenters. The molecular formula is C16H18ClN3O. The van der Waals surface area contributed by atoms with Gasteiger partial charge in [-0.1, -0.05) is 23.7 Å². The van der Waals surface area contributed by atoms with Crippen LogP contribution in [0.25, 0.3) is 0 Å². The quantitative estimate of drug-likeness (QED) is 0.924. The fraction of sp³-hybridized carbons (Fsp3) is 0.250. The molecule has 0 spiro atoms. The second-order valence-corrected chi connectivity index (χ2v) is 5.13. The Bertz CT molecular complexity index is 630. The molecule has 1 amide bonds. The van der Waals surface area contributed by atoms with Crippen molar-refractivity contribution in [2.75, 3.05) is 6.54 Å². The van der Waals surface area contributed by atoms with E-state index in [1.54, 1.807) is 23.2 Å².